The van der Waals surface area contributed by atoms with Crippen LogP contribution in [0.25, 0.3) is 0 Å². The number of nitrogens with zero attached hydrogens (tertiary/aromatic N) is 2. The van der Waals surface area contributed by atoms with Crippen molar-refractivity contribution in [3.05, 3.63) is 65.2 Å². The zero-order valence-corrected chi connectivity index (χ0v) is 16.2. The van der Waals surface area contributed by atoms with E-state index in [1.54, 1.807) is 23.7 Å². The second-order valence-corrected chi connectivity index (χ2v) is 7.06. The molecule has 2 aromatic heterocycles. The highest BCUT2D eigenvalue weighted by molar-refractivity contribution is 7.13. The maximum Gasteiger partial charge on any atom is 0.257 e. The molecule has 0 saturated carbocycles. The van der Waals surface area contributed by atoms with Crippen molar-refractivity contribution in [1.82, 2.24) is 9.97 Å². The Labute approximate surface area is 162 Å². The highest BCUT2D eigenvalue weighted by atomic mass is 32.1. The van der Waals surface area contributed by atoms with Gasteiger partial charge < -0.3 is 9.47 Å². The van der Waals surface area contributed by atoms with Gasteiger partial charge in [-0.1, -0.05) is 30.3 Å². The van der Waals surface area contributed by atoms with Gasteiger partial charge in [-0.05, 0) is 26.3 Å². The largest absolute Gasteiger partial charge is 0.475 e. The first kappa shape index (κ1) is 18.8. The molecule has 3 rings (SSSR count). The highest BCUT2D eigenvalue weighted by Crippen LogP contribution is 2.25. The maximum atomic E-state index is 12.6. The zero-order chi connectivity index (χ0) is 19.2. The lowest BCUT2D eigenvalue weighted by atomic mass is 10.1. The van der Waals surface area contributed by atoms with E-state index in [2.05, 4.69) is 15.3 Å². The molecule has 0 saturated heterocycles. The normalized spacial score (nSPS) is 11.9. The van der Waals surface area contributed by atoms with Gasteiger partial charge >= 0.3 is 0 Å². The van der Waals surface area contributed by atoms with Crippen molar-refractivity contribution in [3.63, 3.8) is 0 Å². The minimum absolute atomic E-state index is 0.0748. The van der Waals surface area contributed by atoms with E-state index in [0.717, 1.165) is 5.56 Å². The first-order chi connectivity index (χ1) is 13.0. The van der Waals surface area contributed by atoms with E-state index in [-0.39, 0.29) is 18.1 Å². The average molecular weight is 383 g/mol. The lowest BCUT2D eigenvalue weighted by molar-refractivity contribution is 0.102. The van der Waals surface area contributed by atoms with Crippen LogP contribution in [0.4, 0.5) is 5.13 Å². The summed E-state index contributed by atoms with van der Waals surface area (Å²) in [5.74, 6) is 0.374. The maximum absolute atomic E-state index is 12.6. The van der Waals surface area contributed by atoms with Gasteiger partial charge in [-0.2, -0.15) is 4.98 Å². The number of carbonyl (C=O) groups excluding carboxylic acids is 1. The Kier molecular flexibility index (Phi) is 6.03. The summed E-state index contributed by atoms with van der Waals surface area (Å²) >= 11 is 1.35. The van der Waals surface area contributed by atoms with Gasteiger partial charge in [-0.25, -0.2) is 4.98 Å². The molecule has 0 aliphatic carbocycles. The summed E-state index contributed by atoms with van der Waals surface area (Å²) in [7, 11) is 0. The van der Waals surface area contributed by atoms with Crippen molar-refractivity contribution in [2.45, 2.75) is 33.0 Å². The van der Waals surface area contributed by atoms with Gasteiger partial charge in [0.1, 0.15) is 6.10 Å². The fourth-order valence-corrected chi connectivity index (χ4v) is 2.93. The molecular formula is C20H21N3O3S. The Balaban J connectivity index is 1.84. The van der Waals surface area contributed by atoms with Crippen LogP contribution in [0.2, 0.25) is 0 Å². The number of amides is 1. The number of aromatic nitrogens is 2. The molecule has 140 valence electrons. The summed E-state index contributed by atoms with van der Waals surface area (Å²) in [5.41, 5.74) is 1.41. The van der Waals surface area contributed by atoms with Gasteiger partial charge in [-0.3, -0.25) is 10.1 Å². The molecule has 0 aliphatic rings. The Morgan fingerprint density at radius 3 is 2.41 bits per heavy atom. The van der Waals surface area contributed by atoms with E-state index in [9.17, 15) is 4.79 Å². The predicted molar refractivity (Wildman–Crippen MR) is 106 cm³/mol. The highest BCUT2D eigenvalue weighted by Gasteiger charge is 2.16. The number of rotatable bonds is 7. The molecule has 1 aromatic carbocycles. The van der Waals surface area contributed by atoms with Crippen LogP contribution >= 0.6 is 11.3 Å². The fraction of sp³-hybridized carbons (Fsp3) is 0.250. The molecule has 6 nitrogen and oxygen atoms in total. The Bertz CT molecular complexity index is 883. The van der Waals surface area contributed by atoms with Gasteiger partial charge in [0, 0.05) is 23.7 Å². The molecule has 0 spiro atoms. The number of hydrogen-bond donors (Lipinski definition) is 1. The number of ether oxygens (including phenoxy) is 2. The van der Waals surface area contributed by atoms with Crippen molar-refractivity contribution >= 4 is 22.4 Å². The molecule has 0 aliphatic heterocycles. The van der Waals surface area contributed by atoms with Crippen molar-refractivity contribution in [2.24, 2.45) is 0 Å². The van der Waals surface area contributed by atoms with E-state index < -0.39 is 0 Å². The standard InChI is InChI=1S/C20H21N3O3S/c1-13(2)25-17-11-16(19(24)23-20-21-9-10-27-20)12-18(22-17)26-14(3)15-7-5-4-6-8-15/h4-14H,1-3H3,(H,21,23,24)/t14-/m0/s1. The second-order valence-electron chi connectivity index (χ2n) is 6.16. The van der Waals surface area contributed by atoms with Gasteiger partial charge in [0.25, 0.3) is 5.91 Å². The van der Waals surface area contributed by atoms with E-state index in [1.807, 2.05) is 51.1 Å². The Morgan fingerprint density at radius 1 is 1.07 bits per heavy atom. The third kappa shape index (κ3) is 5.27. The number of pyridine rings is 1. The second kappa shape index (κ2) is 8.64. The number of anilines is 1. The van der Waals surface area contributed by atoms with Crippen LogP contribution in [0.15, 0.2) is 54.0 Å². The predicted octanol–water partition coefficient (Wildman–Crippen LogP) is 4.72. The van der Waals surface area contributed by atoms with Crippen LogP contribution in [0.3, 0.4) is 0 Å². The summed E-state index contributed by atoms with van der Waals surface area (Å²) in [5, 5.41) is 5.09. The molecule has 1 atom stereocenters. The monoisotopic (exact) mass is 383 g/mol. The number of carbonyl (C=O) groups is 1. The summed E-state index contributed by atoms with van der Waals surface area (Å²) in [6.45, 7) is 5.73. The van der Waals surface area contributed by atoms with Crippen molar-refractivity contribution in [2.75, 3.05) is 5.32 Å². The molecule has 27 heavy (non-hydrogen) atoms. The number of nitrogens with one attached hydrogen (secondary N) is 1. The summed E-state index contributed by atoms with van der Waals surface area (Å²) in [6.07, 6.45) is 1.34. The molecule has 3 aromatic rings. The van der Waals surface area contributed by atoms with E-state index in [1.165, 1.54) is 11.3 Å². The number of benzene rings is 1. The first-order valence-electron chi connectivity index (χ1n) is 8.62. The first-order valence-corrected chi connectivity index (χ1v) is 9.50. The molecule has 2 heterocycles. The Hall–Kier alpha value is -2.93. The molecule has 0 unspecified atom stereocenters. The van der Waals surface area contributed by atoms with E-state index in [0.29, 0.717) is 22.5 Å². The number of hydrogen-bond acceptors (Lipinski definition) is 6. The van der Waals surface area contributed by atoms with Crippen LogP contribution in [0, 0.1) is 0 Å². The molecule has 7 heteroatoms. The minimum atomic E-state index is -0.293. The van der Waals surface area contributed by atoms with E-state index >= 15 is 0 Å². The topological polar surface area (TPSA) is 73.3 Å². The summed E-state index contributed by atoms with van der Waals surface area (Å²) in [6, 6.07) is 13.0. The fourth-order valence-electron chi connectivity index (χ4n) is 2.40. The summed E-state index contributed by atoms with van der Waals surface area (Å²) in [4.78, 5) is 21.0. The summed E-state index contributed by atoms with van der Waals surface area (Å²) < 4.78 is 11.6. The van der Waals surface area contributed by atoms with Crippen LogP contribution in [0.1, 0.15) is 42.8 Å². The minimum Gasteiger partial charge on any atom is -0.475 e. The Morgan fingerprint density at radius 2 is 1.78 bits per heavy atom. The van der Waals surface area contributed by atoms with Crippen molar-refractivity contribution in [3.8, 4) is 11.8 Å². The zero-order valence-electron chi connectivity index (χ0n) is 15.4. The molecule has 1 amide bonds. The molecule has 0 bridgehead atoms. The lowest BCUT2D eigenvalue weighted by Gasteiger charge is -2.17. The molecule has 0 fully saturated rings. The molecular weight excluding hydrogens is 362 g/mol. The van der Waals surface area contributed by atoms with Gasteiger partial charge in [-0.15, -0.1) is 11.3 Å². The van der Waals surface area contributed by atoms with Crippen LogP contribution < -0.4 is 14.8 Å². The van der Waals surface area contributed by atoms with Gasteiger partial charge in [0.15, 0.2) is 5.13 Å². The van der Waals surface area contributed by atoms with Gasteiger partial charge in [0.05, 0.1) is 11.7 Å². The number of thiazole rings is 1. The van der Waals surface area contributed by atoms with Gasteiger partial charge in [0.2, 0.25) is 11.8 Å². The van der Waals surface area contributed by atoms with Crippen molar-refractivity contribution in [1.29, 1.82) is 0 Å². The average Bonchev–Trinajstić information content (AvgIpc) is 3.14. The quantitative estimate of drug-likeness (QED) is 0.639. The molecule has 1 N–H and O–H groups in total. The van der Waals surface area contributed by atoms with Crippen LogP contribution in [-0.2, 0) is 0 Å². The SMILES string of the molecule is CC(C)Oc1cc(C(=O)Nc2nccs2)cc(O[C@@H](C)c2ccccc2)n1. The smallest absolute Gasteiger partial charge is 0.257 e. The van der Waals surface area contributed by atoms with Crippen LogP contribution in [0.5, 0.6) is 11.8 Å². The third-order valence-corrected chi connectivity index (χ3v) is 4.30. The molecule has 0 radical (unpaired) electrons. The lowest BCUT2D eigenvalue weighted by Crippen LogP contribution is -2.14. The van der Waals surface area contributed by atoms with E-state index in [4.69, 9.17) is 9.47 Å². The van der Waals surface area contributed by atoms with Crippen molar-refractivity contribution < 1.29 is 14.3 Å². The van der Waals surface area contributed by atoms with Crippen LogP contribution in [-0.4, -0.2) is 22.0 Å². The third-order valence-electron chi connectivity index (χ3n) is 3.62.